The number of methoxy groups -OCH3 is 1. The van der Waals surface area contributed by atoms with Gasteiger partial charge in [-0.15, -0.1) is 0 Å². The predicted octanol–water partition coefficient (Wildman–Crippen LogP) is 2.65. The minimum absolute atomic E-state index is 0.121. The zero-order chi connectivity index (χ0) is 18.2. The minimum Gasteiger partial charge on any atom is -0.497 e. The Morgan fingerprint density at radius 2 is 1.84 bits per heavy atom. The van der Waals surface area contributed by atoms with Crippen LogP contribution in [0.4, 0.5) is 0 Å². The second kappa shape index (κ2) is 6.62. The molecule has 0 saturated heterocycles. The standard InChI is InChI=1S/C17H18N2O4S2/c1-11(12-4-6-13(23-3)7-5-12)18-25(21,22)14-8-9-15-16(10-14)24-17(20)19(15)2/h4-11,18H,1-3H3/t11-/m1/s1. The molecule has 1 aromatic heterocycles. The van der Waals surface area contributed by atoms with Crippen LogP contribution in [0.1, 0.15) is 18.5 Å². The molecule has 0 aliphatic heterocycles. The number of aryl methyl sites for hydroxylation is 1. The van der Waals surface area contributed by atoms with Gasteiger partial charge in [0, 0.05) is 13.1 Å². The molecule has 0 bridgehead atoms. The molecule has 1 N–H and O–H groups in total. The van der Waals surface area contributed by atoms with Crippen LogP contribution < -0.4 is 14.3 Å². The van der Waals surface area contributed by atoms with Crippen molar-refractivity contribution < 1.29 is 13.2 Å². The van der Waals surface area contributed by atoms with Gasteiger partial charge in [-0.3, -0.25) is 4.79 Å². The van der Waals surface area contributed by atoms with E-state index in [4.69, 9.17) is 4.74 Å². The molecule has 0 spiro atoms. The van der Waals surface area contributed by atoms with Crippen molar-refractivity contribution in [3.8, 4) is 5.75 Å². The van der Waals surface area contributed by atoms with Gasteiger partial charge >= 0.3 is 4.87 Å². The molecule has 0 aliphatic carbocycles. The first-order valence-corrected chi connectivity index (χ1v) is 9.87. The first kappa shape index (κ1) is 17.7. The van der Waals surface area contributed by atoms with Crippen LogP contribution in [-0.2, 0) is 17.1 Å². The van der Waals surface area contributed by atoms with Crippen molar-refractivity contribution in [2.75, 3.05) is 7.11 Å². The summed E-state index contributed by atoms with van der Waals surface area (Å²) < 4.78 is 35.2. The van der Waals surface area contributed by atoms with E-state index in [0.717, 1.165) is 22.4 Å². The number of sulfonamides is 1. The Balaban J connectivity index is 1.89. The Hall–Kier alpha value is -2.16. The van der Waals surface area contributed by atoms with Gasteiger partial charge in [0.25, 0.3) is 0 Å². The van der Waals surface area contributed by atoms with Gasteiger partial charge in [0.1, 0.15) is 5.75 Å². The summed E-state index contributed by atoms with van der Waals surface area (Å²) in [5.74, 6) is 0.711. The molecular formula is C17H18N2O4S2. The van der Waals surface area contributed by atoms with Gasteiger partial charge in [0.15, 0.2) is 0 Å². The Labute approximate surface area is 149 Å². The molecule has 0 aliphatic rings. The highest BCUT2D eigenvalue weighted by Gasteiger charge is 2.19. The van der Waals surface area contributed by atoms with Crippen LogP contribution >= 0.6 is 11.3 Å². The summed E-state index contributed by atoms with van der Waals surface area (Å²) >= 11 is 1.03. The third-order valence-corrected chi connectivity index (χ3v) is 6.56. The van der Waals surface area contributed by atoms with Crippen molar-refractivity contribution in [2.24, 2.45) is 7.05 Å². The lowest BCUT2D eigenvalue weighted by atomic mass is 10.1. The number of aromatic nitrogens is 1. The molecule has 3 rings (SSSR count). The lowest BCUT2D eigenvalue weighted by molar-refractivity contribution is 0.414. The molecule has 8 heteroatoms. The molecule has 3 aromatic rings. The summed E-state index contributed by atoms with van der Waals surface area (Å²) in [6.45, 7) is 1.78. The average molecular weight is 378 g/mol. The van der Waals surface area contributed by atoms with Crippen molar-refractivity contribution in [3.05, 3.63) is 57.7 Å². The SMILES string of the molecule is COc1ccc([C@@H](C)NS(=O)(=O)c2ccc3c(c2)sc(=O)n3C)cc1. The molecular weight excluding hydrogens is 360 g/mol. The molecule has 0 radical (unpaired) electrons. The van der Waals surface area contributed by atoms with E-state index in [1.54, 1.807) is 39.3 Å². The van der Waals surface area contributed by atoms with E-state index < -0.39 is 16.1 Å². The first-order chi connectivity index (χ1) is 11.8. The Bertz CT molecular complexity index is 1070. The normalized spacial score (nSPS) is 13.1. The monoisotopic (exact) mass is 378 g/mol. The maximum atomic E-state index is 12.7. The van der Waals surface area contributed by atoms with Gasteiger partial charge in [-0.2, -0.15) is 0 Å². The zero-order valence-electron chi connectivity index (χ0n) is 14.0. The van der Waals surface area contributed by atoms with Crippen LogP contribution in [0.3, 0.4) is 0 Å². The highest BCUT2D eigenvalue weighted by molar-refractivity contribution is 7.89. The van der Waals surface area contributed by atoms with Crippen molar-refractivity contribution >= 4 is 31.6 Å². The molecule has 1 atom stereocenters. The van der Waals surface area contributed by atoms with E-state index in [1.165, 1.54) is 16.7 Å². The Kier molecular flexibility index (Phi) is 4.68. The summed E-state index contributed by atoms with van der Waals surface area (Å²) in [4.78, 5) is 11.7. The topological polar surface area (TPSA) is 77.4 Å². The van der Waals surface area contributed by atoms with Gasteiger partial charge in [0.05, 0.1) is 22.2 Å². The van der Waals surface area contributed by atoms with Crippen molar-refractivity contribution in [2.45, 2.75) is 17.9 Å². The summed E-state index contributed by atoms with van der Waals surface area (Å²) in [6.07, 6.45) is 0. The van der Waals surface area contributed by atoms with Crippen LogP contribution in [0.5, 0.6) is 5.75 Å². The van der Waals surface area contributed by atoms with Crippen LogP contribution in [0, 0.1) is 0 Å². The maximum Gasteiger partial charge on any atom is 0.307 e. The molecule has 6 nitrogen and oxygen atoms in total. The van der Waals surface area contributed by atoms with Crippen LogP contribution in [0.25, 0.3) is 10.2 Å². The van der Waals surface area contributed by atoms with Crippen molar-refractivity contribution in [1.29, 1.82) is 0 Å². The molecule has 0 fully saturated rings. The van der Waals surface area contributed by atoms with Crippen LogP contribution in [0.2, 0.25) is 0 Å². The average Bonchev–Trinajstić information content (AvgIpc) is 2.88. The van der Waals surface area contributed by atoms with E-state index >= 15 is 0 Å². The first-order valence-electron chi connectivity index (χ1n) is 7.57. The number of hydrogen-bond acceptors (Lipinski definition) is 5. The van der Waals surface area contributed by atoms with Gasteiger partial charge in [0.2, 0.25) is 10.0 Å². The van der Waals surface area contributed by atoms with Gasteiger partial charge < -0.3 is 9.30 Å². The number of rotatable bonds is 5. The number of thiazole rings is 1. The highest BCUT2D eigenvalue weighted by atomic mass is 32.2. The van der Waals surface area contributed by atoms with Gasteiger partial charge in [-0.1, -0.05) is 23.5 Å². The fraction of sp³-hybridized carbons (Fsp3) is 0.235. The van der Waals surface area contributed by atoms with Gasteiger partial charge in [-0.25, -0.2) is 13.1 Å². The lowest BCUT2D eigenvalue weighted by Crippen LogP contribution is -2.26. The van der Waals surface area contributed by atoms with Gasteiger partial charge in [-0.05, 0) is 42.8 Å². The second-order valence-corrected chi connectivity index (χ2v) is 8.38. The molecule has 2 aromatic carbocycles. The lowest BCUT2D eigenvalue weighted by Gasteiger charge is -2.15. The van der Waals surface area contributed by atoms with E-state index in [2.05, 4.69) is 4.72 Å². The molecule has 0 unspecified atom stereocenters. The number of hydrogen-bond donors (Lipinski definition) is 1. The van der Waals surface area contributed by atoms with Crippen LogP contribution in [-0.4, -0.2) is 20.1 Å². The molecule has 25 heavy (non-hydrogen) atoms. The largest absolute Gasteiger partial charge is 0.497 e. The molecule has 1 heterocycles. The zero-order valence-corrected chi connectivity index (χ0v) is 15.6. The van der Waals surface area contributed by atoms with E-state index in [0.29, 0.717) is 10.4 Å². The number of nitrogens with one attached hydrogen (secondary N) is 1. The Morgan fingerprint density at radius 3 is 2.48 bits per heavy atom. The summed E-state index contributed by atoms with van der Waals surface area (Å²) in [6, 6.07) is 11.5. The Morgan fingerprint density at radius 1 is 1.16 bits per heavy atom. The maximum absolute atomic E-state index is 12.7. The number of ether oxygens (including phenoxy) is 1. The highest BCUT2D eigenvalue weighted by Crippen LogP contribution is 2.23. The minimum atomic E-state index is -3.70. The second-order valence-electron chi connectivity index (χ2n) is 5.67. The number of fused-ring (bicyclic) bond motifs is 1. The molecule has 0 saturated carbocycles. The van der Waals surface area contributed by atoms with E-state index in [1.807, 2.05) is 12.1 Å². The number of benzene rings is 2. The predicted molar refractivity (Wildman–Crippen MR) is 98.8 cm³/mol. The van der Waals surface area contributed by atoms with E-state index in [9.17, 15) is 13.2 Å². The summed E-state index contributed by atoms with van der Waals surface area (Å²) in [5.41, 5.74) is 1.55. The van der Waals surface area contributed by atoms with Crippen molar-refractivity contribution in [1.82, 2.24) is 9.29 Å². The number of nitrogens with zero attached hydrogens (tertiary/aromatic N) is 1. The van der Waals surface area contributed by atoms with Crippen molar-refractivity contribution in [3.63, 3.8) is 0 Å². The molecule has 0 amide bonds. The third-order valence-electron chi connectivity index (χ3n) is 4.02. The summed E-state index contributed by atoms with van der Waals surface area (Å²) in [5, 5.41) is 0. The smallest absolute Gasteiger partial charge is 0.307 e. The van der Waals surface area contributed by atoms with Crippen LogP contribution in [0.15, 0.2) is 52.2 Å². The fourth-order valence-corrected chi connectivity index (χ4v) is 4.79. The fourth-order valence-electron chi connectivity index (χ4n) is 2.54. The third kappa shape index (κ3) is 3.46. The van der Waals surface area contributed by atoms with E-state index in [-0.39, 0.29) is 9.77 Å². The quantitative estimate of drug-likeness (QED) is 0.740. The molecule has 132 valence electrons. The summed E-state index contributed by atoms with van der Waals surface area (Å²) in [7, 11) is -0.460.